The van der Waals surface area contributed by atoms with Crippen LogP contribution in [0.4, 0.5) is 0 Å². The van der Waals surface area contributed by atoms with E-state index in [-0.39, 0.29) is 12.5 Å². The normalized spacial score (nSPS) is 15.8. The molecule has 7 heteroatoms. The SMILES string of the molecule is O=C(OCCN1C(=O)CCCN1CCC(O)Cc1cccc(Cl)c1)c1ccccc1. The monoisotopic (exact) mass is 430 g/mol. The number of rotatable bonds is 9. The number of halogens is 1. The van der Waals surface area contributed by atoms with E-state index in [4.69, 9.17) is 16.3 Å². The molecule has 1 unspecified atom stereocenters. The molecular formula is C23H27ClN2O4. The number of hydrazine groups is 1. The first-order valence-electron chi connectivity index (χ1n) is 10.2. The highest BCUT2D eigenvalue weighted by atomic mass is 35.5. The Kier molecular flexibility index (Phi) is 8.25. The number of carbonyl (C=O) groups is 2. The van der Waals surface area contributed by atoms with Gasteiger partial charge in [0.25, 0.3) is 0 Å². The highest BCUT2D eigenvalue weighted by molar-refractivity contribution is 6.30. The minimum atomic E-state index is -0.529. The van der Waals surface area contributed by atoms with Crippen LogP contribution in [0.1, 0.15) is 35.2 Å². The minimum Gasteiger partial charge on any atom is -0.460 e. The van der Waals surface area contributed by atoms with Gasteiger partial charge in [-0.3, -0.25) is 9.80 Å². The van der Waals surface area contributed by atoms with Crippen molar-refractivity contribution in [3.63, 3.8) is 0 Å². The highest BCUT2D eigenvalue weighted by Crippen LogP contribution is 2.16. The molecule has 1 N–H and O–H groups in total. The summed E-state index contributed by atoms with van der Waals surface area (Å²) in [4.78, 5) is 24.5. The van der Waals surface area contributed by atoms with Crippen molar-refractivity contribution in [3.8, 4) is 0 Å². The average Bonchev–Trinajstić information content (AvgIpc) is 2.74. The molecule has 30 heavy (non-hydrogen) atoms. The van der Waals surface area contributed by atoms with E-state index in [0.717, 1.165) is 18.5 Å². The number of benzene rings is 2. The Bertz CT molecular complexity index is 846. The molecule has 1 saturated heterocycles. The fourth-order valence-electron chi connectivity index (χ4n) is 3.54. The summed E-state index contributed by atoms with van der Waals surface area (Å²) in [7, 11) is 0. The fourth-order valence-corrected chi connectivity index (χ4v) is 3.75. The lowest BCUT2D eigenvalue weighted by atomic mass is 10.1. The molecule has 1 amide bonds. The number of aliphatic hydroxyl groups is 1. The first-order valence-corrected chi connectivity index (χ1v) is 10.6. The van der Waals surface area contributed by atoms with Crippen LogP contribution in [0.2, 0.25) is 5.02 Å². The van der Waals surface area contributed by atoms with Crippen molar-refractivity contribution in [2.75, 3.05) is 26.2 Å². The molecule has 0 aromatic heterocycles. The quantitative estimate of drug-likeness (QED) is 0.618. The van der Waals surface area contributed by atoms with Gasteiger partial charge in [0.2, 0.25) is 5.91 Å². The van der Waals surface area contributed by atoms with E-state index < -0.39 is 12.1 Å². The first-order chi connectivity index (χ1) is 14.5. The van der Waals surface area contributed by atoms with E-state index in [9.17, 15) is 14.7 Å². The van der Waals surface area contributed by atoms with Gasteiger partial charge in [0.05, 0.1) is 18.2 Å². The molecule has 0 spiro atoms. The predicted molar refractivity (Wildman–Crippen MR) is 115 cm³/mol. The van der Waals surface area contributed by atoms with Gasteiger partial charge >= 0.3 is 5.97 Å². The van der Waals surface area contributed by atoms with Crippen LogP contribution in [-0.4, -0.2) is 59.3 Å². The molecule has 1 aliphatic heterocycles. The van der Waals surface area contributed by atoms with E-state index in [0.29, 0.717) is 42.9 Å². The van der Waals surface area contributed by atoms with E-state index >= 15 is 0 Å². The highest BCUT2D eigenvalue weighted by Gasteiger charge is 2.26. The van der Waals surface area contributed by atoms with E-state index in [1.165, 1.54) is 0 Å². The number of amides is 1. The molecule has 0 bridgehead atoms. The van der Waals surface area contributed by atoms with Crippen LogP contribution in [-0.2, 0) is 16.0 Å². The Hall–Kier alpha value is -2.41. The van der Waals surface area contributed by atoms with Gasteiger partial charge in [0.15, 0.2) is 0 Å². The molecule has 1 atom stereocenters. The minimum absolute atomic E-state index is 0.0151. The Morgan fingerprint density at radius 2 is 1.93 bits per heavy atom. The molecule has 2 aromatic rings. The molecule has 3 rings (SSSR count). The number of carbonyl (C=O) groups excluding carboxylic acids is 2. The third kappa shape index (κ3) is 6.55. The van der Waals surface area contributed by atoms with Crippen LogP contribution in [0.3, 0.4) is 0 Å². The van der Waals surface area contributed by atoms with Gasteiger partial charge in [-0.1, -0.05) is 41.9 Å². The summed E-state index contributed by atoms with van der Waals surface area (Å²) in [6.07, 6.45) is 1.77. The number of nitrogens with zero attached hydrogens (tertiary/aromatic N) is 2. The second-order valence-electron chi connectivity index (χ2n) is 7.35. The van der Waals surface area contributed by atoms with Crippen molar-refractivity contribution in [3.05, 3.63) is 70.7 Å². The summed E-state index contributed by atoms with van der Waals surface area (Å²) in [5.74, 6) is -0.384. The van der Waals surface area contributed by atoms with Gasteiger partial charge in [-0.15, -0.1) is 0 Å². The van der Waals surface area contributed by atoms with E-state index in [2.05, 4.69) is 0 Å². The summed E-state index contributed by atoms with van der Waals surface area (Å²) < 4.78 is 5.32. The summed E-state index contributed by atoms with van der Waals surface area (Å²) in [6.45, 7) is 1.73. The number of ether oxygens (including phenoxy) is 1. The lowest BCUT2D eigenvalue weighted by Crippen LogP contribution is -2.52. The molecule has 1 fully saturated rings. The van der Waals surface area contributed by atoms with Crippen LogP contribution >= 0.6 is 11.6 Å². The smallest absolute Gasteiger partial charge is 0.338 e. The van der Waals surface area contributed by atoms with Crippen LogP contribution in [0.25, 0.3) is 0 Å². The summed E-state index contributed by atoms with van der Waals surface area (Å²) in [5, 5.41) is 14.7. The molecule has 0 radical (unpaired) electrons. The summed E-state index contributed by atoms with van der Waals surface area (Å²) in [6, 6.07) is 16.2. The number of esters is 1. The van der Waals surface area contributed by atoms with Crippen molar-refractivity contribution in [1.82, 2.24) is 10.0 Å². The Balaban J connectivity index is 1.47. The van der Waals surface area contributed by atoms with Crippen molar-refractivity contribution in [1.29, 1.82) is 0 Å². The first kappa shape index (κ1) is 22.3. The molecule has 2 aromatic carbocycles. The lowest BCUT2D eigenvalue weighted by Gasteiger charge is -2.38. The van der Waals surface area contributed by atoms with Gasteiger partial charge in [0, 0.05) is 24.5 Å². The van der Waals surface area contributed by atoms with Gasteiger partial charge in [0.1, 0.15) is 6.61 Å². The molecule has 0 aliphatic carbocycles. The zero-order valence-corrected chi connectivity index (χ0v) is 17.6. The van der Waals surface area contributed by atoms with E-state index in [1.54, 1.807) is 35.3 Å². The summed E-state index contributed by atoms with van der Waals surface area (Å²) in [5.41, 5.74) is 1.47. The maximum Gasteiger partial charge on any atom is 0.338 e. The maximum absolute atomic E-state index is 12.4. The van der Waals surface area contributed by atoms with Crippen LogP contribution < -0.4 is 0 Å². The number of hydrogen-bond acceptors (Lipinski definition) is 5. The lowest BCUT2D eigenvalue weighted by molar-refractivity contribution is -0.157. The second-order valence-corrected chi connectivity index (χ2v) is 7.79. The Labute approximate surface area is 182 Å². The number of hydrogen-bond donors (Lipinski definition) is 1. The van der Waals surface area contributed by atoms with Gasteiger partial charge in [-0.05, 0) is 49.1 Å². The largest absolute Gasteiger partial charge is 0.460 e. The Morgan fingerprint density at radius 3 is 2.70 bits per heavy atom. The third-order valence-electron chi connectivity index (χ3n) is 5.06. The topological polar surface area (TPSA) is 70.1 Å². The van der Waals surface area contributed by atoms with Gasteiger partial charge < -0.3 is 9.84 Å². The predicted octanol–water partition coefficient (Wildman–Crippen LogP) is 3.33. The van der Waals surface area contributed by atoms with Crippen LogP contribution in [0.15, 0.2) is 54.6 Å². The zero-order valence-electron chi connectivity index (χ0n) is 16.9. The van der Waals surface area contributed by atoms with Gasteiger partial charge in [-0.2, -0.15) is 0 Å². The zero-order chi connectivity index (χ0) is 21.3. The maximum atomic E-state index is 12.4. The molecule has 160 valence electrons. The van der Waals surface area contributed by atoms with Gasteiger partial charge in [-0.25, -0.2) is 9.80 Å². The van der Waals surface area contributed by atoms with Crippen molar-refractivity contribution >= 4 is 23.5 Å². The molecule has 1 aliphatic rings. The molecular weight excluding hydrogens is 404 g/mol. The molecule has 6 nitrogen and oxygen atoms in total. The Morgan fingerprint density at radius 1 is 1.13 bits per heavy atom. The summed E-state index contributed by atoms with van der Waals surface area (Å²) >= 11 is 6.00. The van der Waals surface area contributed by atoms with Crippen LogP contribution in [0, 0.1) is 0 Å². The average molecular weight is 431 g/mol. The standard InChI is InChI=1S/C23H27ClN2O4/c24-20-9-4-6-18(16-20)17-21(27)11-13-25-12-5-10-22(28)26(25)14-15-30-23(29)19-7-2-1-3-8-19/h1-4,6-9,16,21,27H,5,10-15,17H2. The van der Waals surface area contributed by atoms with Crippen molar-refractivity contribution in [2.45, 2.75) is 31.8 Å². The fraction of sp³-hybridized carbons (Fsp3) is 0.391. The second kappa shape index (κ2) is 11.1. The molecule has 1 heterocycles. The van der Waals surface area contributed by atoms with Crippen molar-refractivity contribution in [2.24, 2.45) is 0 Å². The number of aliphatic hydroxyl groups excluding tert-OH is 1. The third-order valence-corrected chi connectivity index (χ3v) is 5.30. The van der Waals surface area contributed by atoms with Crippen molar-refractivity contribution < 1.29 is 19.4 Å². The molecule has 0 saturated carbocycles. The van der Waals surface area contributed by atoms with Crippen LogP contribution in [0.5, 0.6) is 0 Å². The van der Waals surface area contributed by atoms with E-state index in [1.807, 2.05) is 29.3 Å².